The third-order valence-electron chi connectivity index (χ3n) is 3.54. The van der Waals surface area contributed by atoms with Gasteiger partial charge >= 0.3 is 0 Å². The number of amides is 1. The lowest BCUT2D eigenvalue weighted by molar-refractivity contribution is -0.682. The molecular formula is C16H15ClF2N3O3+. The molecule has 0 fully saturated rings. The third-order valence-corrected chi connectivity index (χ3v) is 3.78. The van der Waals surface area contributed by atoms with Crippen LogP contribution in [0.2, 0.25) is 5.02 Å². The predicted molar refractivity (Wildman–Crippen MR) is 88.3 cm³/mol. The second-order valence-corrected chi connectivity index (χ2v) is 5.80. The van der Waals surface area contributed by atoms with E-state index in [1.807, 2.05) is 0 Å². The molecule has 6 nitrogen and oxygen atoms in total. The second kappa shape index (κ2) is 8.00. The van der Waals surface area contributed by atoms with E-state index in [4.69, 9.17) is 11.6 Å². The van der Waals surface area contributed by atoms with Crippen LogP contribution >= 0.6 is 11.6 Å². The molecule has 2 aromatic rings. The minimum absolute atomic E-state index is 0.0217. The number of rotatable bonds is 6. The average Bonchev–Trinajstić information content (AvgIpc) is 2.54. The van der Waals surface area contributed by atoms with Crippen molar-refractivity contribution in [2.45, 2.75) is 13.0 Å². The lowest BCUT2D eigenvalue weighted by Crippen LogP contribution is -2.86. The maximum atomic E-state index is 13.7. The number of hydrogen-bond acceptors (Lipinski definition) is 3. The quantitative estimate of drug-likeness (QED) is 0.605. The fraction of sp³-hybridized carbons (Fsp3) is 0.188. The molecule has 0 bridgehead atoms. The Balaban J connectivity index is 2.00. The monoisotopic (exact) mass is 370 g/mol. The van der Waals surface area contributed by atoms with Gasteiger partial charge in [-0.1, -0.05) is 11.6 Å². The Morgan fingerprint density at radius 1 is 1.32 bits per heavy atom. The molecule has 9 heteroatoms. The van der Waals surface area contributed by atoms with Gasteiger partial charge in [0.05, 0.1) is 4.92 Å². The number of nitrogens with one attached hydrogen (secondary N) is 1. The van der Waals surface area contributed by atoms with Crippen molar-refractivity contribution in [1.82, 2.24) is 0 Å². The zero-order valence-electron chi connectivity index (χ0n) is 13.1. The van der Waals surface area contributed by atoms with Crippen LogP contribution in [0.4, 0.5) is 20.2 Å². The van der Waals surface area contributed by atoms with Crippen LogP contribution < -0.4 is 10.6 Å². The van der Waals surface area contributed by atoms with Crippen LogP contribution in [0.1, 0.15) is 18.5 Å². The number of halogens is 3. The van der Waals surface area contributed by atoms with E-state index >= 15 is 0 Å². The maximum Gasteiger partial charge on any atom is 0.294 e. The first-order chi connectivity index (χ1) is 11.8. The first-order valence-corrected chi connectivity index (χ1v) is 7.68. The Labute approximate surface area is 146 Å². The Morgan fingerprint density at radius 3 is 2.68 bits per heavy atom. The average molecular weight is 371 g/mol. The van der Waals surface area contributed by atoms with E-state index in [2.05, 4.69) is 5.32 Å². The first kappa shape index (κ1) is 18.8. The SMILES string of the molecule is C[C@H]([NH2+]CC(=O)Nc1ccc(Cl)cc1[N+](=O)[O-])c1ccc(F)cc1F. The summed E-state index contributed by atoms with van der Waals surface area (Å²) in [5.41, 5.74) is -0.0430. The summed E-state index contributed by atoms with van der Waals surface area (Å²) in [6, 6.07) is 6.68. The van der Waals surface area contributed by atoms with Crippen molar-refractivity contribution in [3.05, 3.63) is 68.7 Å². The van der Waals surface area contributed by atoms with E-state index in [0.29, 0.717) is 0 Å². The van der Waals surface area contributed by atoms with E-state index in [1.54, 1.807) is 6.92 Å². The van der Waals surface area contributed by atoms with Crippen LogP contribution in [0.3, 0.4) is 0 Å². The second-order valence-electron chi connectivity index (χ2n) is 5.36. The molecule has 2 aromatic carbocycles. The zero-order valence-corrected chi connectivity index (χ0v) is 13.9. The third kappa shape index (κ3) is 4.94. The standard InChI is InChI=1S/C16H14ClF2N3O3/c1-9(12-4-3-11(18)7-13(12)19)20-8-16(23)21-14-5-2-10(17)6-15(14)22(24)25/h2-7,9,20H,8H2,1H3,(H,21,23)/p+1/t9-/m0/s1. The molecule has 0 aromatic heterocycles. The Bertz CT molecular complexity index is 817. The van der Waals surface area contributed by atoms with Gasteiger partial charge in [-0.25, -0.2) is 8.78 Å². The summed E-state index contributed by atoms with van der Waals surface area (Å²) in [5, 5.41) is 15.1. The van der Waals surface area contributed by atoms with Crippen LogP contribution in [0, 0.1) is 21.7 Å². The van der Waals surface area contributed by atoms with Crippen molar-refractivity contribution in [2.24, 2.45) is 0 Å². The lowest BCUT2D eigenvalue weighted by atomic mass is 10.1. The van der Waals surface area contributed by atoms with Crippen LogP contribution in [0.15, 0.2) is 36.4 Å². The molecule has 0 spiro atoms. The number of nitro benzene ring substituents is 1. The van der Waals surface area contributed by atoms with Gasteiger partial charge in [-0.15, -0.1) is 0 Å². The Morgan fingerprint density at radius 2 is 2.04 bits per heavy atom. The summed E-state index contributed by atoms with van der Waals surface area (Å²) < 4.78 is 26.6. The molecule has 3 N–H and O–H groups in total. The number of hydrogen-bond donors (Lipinski definition) is 2. The maximum absolute atomic E-state index is 13.7. The van der Waals surface area contributed by atoms with Crippen LogP contribution in [0.5, 0.6) is 0 Å². The molecule has 0 aliphatic rings. The summed E-state index contributed by atoms with van der Waals surface area (Å²) >= 11 is 5.71. The smallest absolute Gasteiger partial charge is 0.294 e. The van der Waals surface area contributed by atoms with Gasteiger partial charge in [0.1, 0.15) is 23.4 Å². The molecule has 0 saturated carbocycles. The highest BCUT2D eigenvalue weighted by atomic mass is 35.5. The normalized spacial score (nSPS) is 11.8. The lowest BCUT2D eigenvalue weighted by Gasteiger charge is -2.12. The van der Waals surface area contributed by atoms with Crippen molar-refractivity contribution in [2.75, 3.05) is 11.9 Å². The van der Waals surface area contributed by atoms with Crippen molar-refractivity contribution < 1.29 is 23.8 Å². The predicted octanol–water partition coefficient (Wildman–Crippen LogP) is 2.79. The molecule has 132 valence electrons. The number of carbonyl (C=O) groups is 1. The molecule has 0 heterocycles. The van der Waals surface area contributed by atoms with Gasteiger partial charge in [0.2, 0.25) is 0 Å². The van der Waals surface area contributed by atoms with Crippen molar-refractivity contribution >= 4 is 28.9 Å². The van der Waals surface area contributed by atoms with Gasteiger partial charge in [-0.2, -0.15) is 0 Å². The van der Waals surface area contributed by atoms with Crippen LogP contribution in [-0.4, -0.2) is 17.4 Å². The van der Waals surface area contributed by atoms with E-state index in [9.17, 15) is 23.7 Å². The molecule has 0 radical (unpaired) electrons. The highest BCUT2D eigenvalue weighted by Crippen LogP contribution is 2.27. The fourth-order valence-electron chi connectivity index (χ4n) is 2.24. The van der Waals surface area contributed by atoms with Crippen molar-refractivity contribution in [1.29, 1.82) is 0 Å². The number of nitrogens with two attached hydrogens (primary N) is 1. The van der Waals surface area contributed by atoms with Crippen molar-refractivity contribution in [3.8, 4) is 0 Å². The summed E-state index contributed by atoms with van der Waals surface area (Å²) in [4.78, 5) is 22.3. The molecule has 0 saturated heterocycles. The van der Waals surface area contributed by atoms with E-state index in [0.717, 1.165) is 18.2 Å². The zero-order chi connectivity index (χ0) is 18.6. The summed E-state index contributed by atoms with van der Waals surface area (Å²) in [7, 11) is 0. The van der Waals surface area contributed by atoms with E-state index in [1.165, 1.54) is 23.5 Å². The number of anilines is 1. The highest BCUT2D eigenvalue weighted by molar-refractivity contribution is 6.31. The number of nitrogens with zero attached hydrogens (tertiary/aromatic N) is 1. The first-order valence-electron chi connectivity index (χ1n) is 7.30. The van der Waals surface area contributed by atoms with Gasteiger partial charge in [0, 0.05) is 22.7 Å². The summed E-state index contributed by atoms with van der Waals surface area (Å²) in [5.74, 6) is -1.88. The van der Waals surface area contributed by atoms with Gasteiger partial charge in [-0.05, 0) is 31.2 Å². The minimum atomic E-state index is -0.697. The summed E-state index contributed by atoms with van der Waals surface area (Å²) in [6.45, 7) is 1.56. The molecule has 0 unspecified atom stereocenters. The highest BCUT2D eigenvalue weighted by Gasteiger charge is 2.19. The Kier molecular flexibility index (Phi) is 6.00. The van der Waals surface area contributed by atoms with Gasteiger partial charge < -0.3 is 10.6 Å². The van der Waals surface area contributed by atoms with Crippen LogP contribution in [-0.2, 0) is 4.79 Å². The number of quaternary nitrogens is 1. The van der Waals surface area contributed by atoms with E-state index in [-0.39, 0.29) is 28.5 Å². The molecule has 1 atom stereocenters. The molecule has 2 rings (SSSR count). The van der Waals surface area contributed by atoms with Crippen molar-refractivity contribution in [3.63, 3.8) is 0 Å². The molecule has 0 aliphatic heterocycles. The van der Waals surface area contributed by atoms with Gasteiger partial charge in [-0.3, -0.25) is 14.9 Å². The van der Waals surface area contributed by atoms with Gasteiger partial charge in [0.15, 0.2) is 6.54 Å². The minimum Gasteiger partial charge on any atom is -0.332 e. The van der Waals surface area contributed by atoms with Crippen LogP contribution in [0.25, 0.3) is 0 Å². The largest absolute Gasteiger partial charge is 0.332 e. The Hall–Kier alpha value is -2.58. The fourth-order valence-corrected chi connectivity index (χ4v) is 2.41. The molecule has 1 amide bonds. The molecule has 0 aliphatic carbocycles. The summed E-state index contributed by atoms with van der Waals surface area (Å²) in [6.07, 6.45) is 0. The molecular weight excluding hydrogens is 356 g/mol. The molecule has 25 heavy (non-hydrogen) atoms. The number of carbonyl (C=O) groups excluding carboxylic acids is 1. The number of benzene rings is 2. The van der Waals surface area contributed by atoms with E-state index < -0.39 is 28.5 Å². The topological polar surface area (TPSA) is 88.8 Å². The van der Waals surface area contributed by atoms with Gasteiger partial charge in [0.25, 0.3) is 11.6 Å². The number of nitro groups is 1.